The Morgan fingerprint density at radius 3 is 2.39 bits per heavy atom. The first-order valence-electron chi connectivity index (χ1n) is 14.3. The molecule has 1 aliphatic heterocycles. The summed E-state index contributed by atoms with van der Waals surface area (Å²) in [4.78, 5) is 29.3. The number of benzene rings is 3. The molecule has 230 valence electrons. The minimum atomic E-state index is -0.774. The quantitative estimate of drug-likeness (QED) is 0.183. The number of hydrogen-bond donors (Lipinski definition) is 3. The van der Waals surface area contributed by atoms with Gasteiger partial charge in [0, 0.05) is 17.2 Å². The molecule has 2 amide bonds. The van der Waals surface area contributed by atoms with Crippen molar-refractivity contribution in [3.05, 3.63) is 118 Å². The maximum absolute atomic E-state index is 12.9. The number of urea groups is 1. The number of carbonyl (C=O) groups excluding carboxylic acids is 2. The van der Waals surface area contributed by atoms with E-state index in [1.165, 1.54) is 6.92 Å². The van der Waals surface area contributed by atoms with Crippen LogP contribution in [0.3, 0.4) is 0 Å². The van der Waals surface area contributed by atoms with Crippen molar-refractivity contribution in [1.82, 2.24) is 14.9 Å². The number of aliphatic hydroxyl groups is 1. The lowest BCUT2D eigenvalue weighted by Gasteiger charge is -2.41. The lowest BCUT2D eigenvalue weighted by molar-refractivity contribution is -0.276. The molecule has 44 heavy (non-hydrogen) atoms. The average molecular weight is 638 g/mol. The first kappa shape index (κ1) is 31.7. The molecule has 0 spiro atoms. The zero-order valence-electron chi connectivity index (χ0n) is 24.3. The number of nitrogens with one attached hydrogen (secondary N) is 2. The van der Waals surface area contributed by atoms with Crippen molar-refractivity contribution >= 4 is 40.7 Å². The molecule has 0 radical (unpaired) electrons. The standard InChI is InChI=1S/C33H34Cl2N4O5/c1-20-28(17-39-19-36-30(34)31(39)35)43-32(44-29(20)24-13-11-23(18-40)12-14-24)25-9-6-10-26(16-25)37-33(42)38-27(21(2)41)15-22-7-4-3-5-8-22/h3-14,16,19-20,27-29,32,40H,15,17-18H2,1-2H3,(H2,37,38,42). The Hall–Kier alpha value is -3.73. The highest BCUT2D eigenvalue weighted by molar-refractivity contribution is 6.40. The van der Waals surface area contributed by atoms with Crippen LogP contribution in [0.5, 0.6) is 0 Å². The van der Waals surface area contributed by atoms with Crippen LogP contribution in [0.4, 0.5) is 10.5 Å². The summed E-state index contributed by atoms with van der Waals surface area (Å²) in [7, 11) is 0. The summed E-state index contributed by atoms with van der Waals surface area (Å²) in [5.41, 5.74) is 3.89. The number of ketones is 1. The third-order valence-electron chi connectivity index (χ3n) is 7.73. The first-order valence-corrected chi connectivity index (χ1v) is 15.1. The summed E-state index contributed by atoms with van der Waals surface area (Å²) in [6, 6.07) is 23.2. The van der Waals surface area contributed by atoms with E-state index < -0.39 is 18.4 Å². The molecule has 0 bridgehead atoms. The largest absolute Gasteiger partial charge is 0.392 e. The Morgan fingerprint density at radius 2 is 1.73 bits per heavy atom. The lowest BCUT2D eigenvalue weighted by atomic mass is 9.90. The maximum Gasteiger partial charge on any atom is 0.319 e. The number of imidazole rings is 1. The molecule has 0 aliphatic carbocycles. The van der Waals surface area contributed by atoms with Gasteiger partial charge in [-0.15, -0.1) is 0 Å². The van der Waals surface area contributed by atoms with Gasteiger partial charge in [0.05, 0.1) is 37.7 Å². The number of rotatable bonds is 10. The monoisotopic (exact) mass is 636 g/mol. The van der Waals surface area contributed by atoms with Crippen LogP contribution in [-0.4, -0.2) is 38.6 Å². The summed E-state index contributed by atoms with van der Waals surface area (Å²) in [5.74, 6) is -0.233. The van der Waals surface area contributed by atoms with Gasteiger partial charge in [-0.05, 0) is 42.2 Å². The number of aromatic nitrogens is 2. The van der Waals surface area contributed by atoms with E-state index in [9.17, 15) is 14.7 Å². The molecule has 5 unspecified atom stereocenters. The van der Waals surface area contributed by atoms with Crippen molar-refractivity contribution in [2.75, 3.05) is 5.32 Å². The van der Waals surface area contributed by atoms with E-state index in [0.29, 0.717) is 29.4 Å². The summed E-state index contributed by atoms with van der Waals surface area (Å²) in [5, 5.41) is 15.7. The van der Waals surface area contributed by atoms with Crippen LogP contribution >= 0.6 is 23.2 Å². The predicted molar refractivity (Wildman–Crippen MR) is 168 cm³/mol. The smallest absolute Gasteiger partial charge is 0.319 e. The molecule has 5 rings (SSSR count). The second-order valence-electron chi connectivity index (χ2n) is 10.9. The van der Waals surface area contributed by atoms with Gasteiger partial charge in [0.25, 0.3) is 0 Å². The molecule has 3 N–H and O–H groups in total. The SMILES string of the molecule is CC(=O)C(Cc1ccccc1)NC(=O)Nc1cccc(C2OC(Cn3cnc(Cl)c3Cl)C(C)C(c3ccc(CO)cc3)O2)c1. The van der Waals surface area contributed by atoms with E-state index in [1.54, 1.807) is 29.1 Å². The summed E-state index contributed by atoms with van der Waals surface area (Å²) >= 11 is 12.5. The first-order chi connectivity index (χ1) is 21.2. The Balaban J connectivity index is 1.34. The van der Waals surface area contributed by atoms with Gasteiger partial charge < -0.3 is 29.8 Å². The molecular weight excluding hydrogens is 603 g/mol. The van der Waals surface area contributed by atoms with Gasteiger partial charge in [-0.1, -0.05) is 96.9 Å². The van der Waals surface area contributed by atoms with Crippen molar-refractivity contribution < 1.29 is 24.2 Å². The van der Waals surface area contributed by atoms with Crippen LogP contribution in [0.2, 0.25) is 10.3 Å². The molecule has 2 heterocycles. The van der Waals surface area contributed by atoms with Crippen molar-refractivity contribution in [2.24, 2.45) is 5.92 Å². The Bertz CT molecular complexity index is 1580. The number of halogens is 2. The number of ether oxygens (including phenoxy) is 2. The predicted octanol–water partition coefficient (Wildman–Crippen LogP) is 6.50. The summed E-state index contributed by atoms with van der Waals surface area (Å²) in [6.45, 7) is 3.84. The number of hydrogen-bond acceptors (Lipinski definition) is 6. The fourth-order valence-electron chi connectivity index (χ4n) is 5.23. The van der Waals surface area contributed by atoms with Crippen LogP contribution in [0, 0.1) is 5.92 Å². The number of nitrogens with zero attached hydrogens (tertiary/aromatic N) is 2. The normalized spacial score (nSPS) is 20.6. The number of carbonyl (C=O) groups is 2. The van der Waals surface area contributed by atoms with Gasteiger partial charge in [0.15, 0.2) is 17.2 Å². The maximum atomic E-state index is 12.9. The van der Waals surface area contributed by atoms with Crippen LogP contribution in [0.25, 0.3) is 0 Å². The molecule has 1 fully saturated rings. The zero-order valence-corrected chi connectivity index (χ0v) is 25.8. The van der Waals surface area contributed by atoms with Crippen LogP contribution in [0.15, 0.2) is 85.2 Å². The zero-order chi connectivity index (χ0) is 31.2. The Morgan fingerprint density at radius 1 is 0.977 bits per heavy atom. The molecule has 0 saturated carbocycles. The fourth-order valence-corrected chi connectivity index (χ4v) is 5.54. The third kappa shape index (κ3) is 7.67. The van der Waals surface area contributed by atoms with Crippen molar-refractivity contribution in [2.45, 2.75) is 58.0 Å². The molecule has 1 saturated heterocycles. The van der Waals surface area contributed by atoms with E-state index in [1.807, 2.05) is 67.6 Å². The van der Waals surface area contributed by atoms with E-state index in [4.69, 9.17) is 32.7 Å². The van der Waals surface area contributed by atoms with E-state index >= 15 is 0 Å². The van der Waals surface area contributed by atoms with Gasteiger partial charge in [-0.3, -0.25) is 4.79 Å². The van der Waals surface area contributed by atoms with Gasteiger partial charge in [0.2, 0.25) is 0 Å². The topological polar surface area (TPSA) is 115 Å². The molecular formula is C33H34Cl2N4O5. The number of anilines is 1. The lowest BCUT2D eigenvalue weighted by Crippen LogP contribution is -2.43. The Kier molecular flexibility index (Phi) is 10.3. The molecule has 3 aromatic carbocycles. The highest BCUT2D eigenvalue weighted by Crippen LogP contribution is 2.42. The van der Waals surface area contributed by atoms with Gasteiger partial charge in [0.1, 0.15) is 5.15 Å². The van der Waals surface area contributed by atoms with Crippen LogP contribution < -0.4 is 10.6 Å². The molecule has 1 aromatic heterocycles. The summed E-state index contributed by atoms with van der Waals surface area (Å²) in [6.07, 6.45) is 0.502. The molecule has 9 nitrogen and oxygen atoms in total. The van der Waals surface area contributed by atoms with E-state index in [0.717, 1.165) is 16.7 Å². The van der Waals surface area contributed by atoms with E-state index in [-0.39, 0.29) is 35.7 Å². The highest BCUT2D eigenvalue weighted by atomic mass is 35.5. The van der Waals surface area contributed by atoms with Crippen LogP contribution in [0.1, 0.15) is 48.5 Å². The molecule has 5 atom stereocenters. The fraction of sp³-hybridized carbons (Fsp3) is 0.303. The Labute approximate surface area is 266 Å². The van der Waals surface area contributed by atoms with Gasteiger partial charge in [-0.25, -0.2) is 9.78 Å². The molecule has 11 heteroatoms. The number of aliphatic hydroxyl groups excluding tert-OH is 1. The van der Waals surface area contributed by atoms with Crippen LogP contribution in [-0.2, 0) is 33.8 Å². The molecule has 4 aromatic rings. The van der Waals surface area contributed by atoms with Crippen molar-refractivity contribution in [1.29, 1.82) is 0 Å². The highest BCUT2D eigenvalue weighted by Gasteiger charge is 2.39. The second kappa shape index (κ2) is 14.4. The minimum Gasteiger partial charge on any atom is -0.392 e. The van der Waals surface area contributed by atoms with E-state index in [2.05, 4.69) is 15.6 Å². The number of amides is 2. The van der Waals surface area contributed by atoms with Gasteiger partial charge in [-0.2, -0.15) is 0 Å². The summed E-state index contributed by atoms with van der Waals surface area (Å²) < 4.78 is 14.8. The molecule has 1 aliphatic rings. The third-order valence-corrected chi connectivity index (χ3v) is 8.50. The second-order valence-corrected chi connectivity index (χ2v) is 11.6. The van der Waals surface area contributed by atoms with Gasteiger partial charge >= 0.3 is 6.03 Å². The minimum absolute atomic E-state index is 0.0532. The van der Waals surface area contributed by atoms with Crippen molar-refractivity contribution in [3.63, 3.8) is 0 Å². The average Bonchev–Trinajstić information content (AvgIpc) is 3.34. The number of Topliss-reactive ketones (excluding diaryl/α,β-unsaturated/α-hetero) is 1. The van der Waals surface area contributed by atoms with Crippen molar-refractivity contribution in [3.8, 4) is 0 Å².